The molecule has 17 aromatic carbocycles. The summed E-state index contributed by atoms with van der Waals surface area (Å²) in [5.74, 6) is 0. The number of hydrogen-bond acceptors (Lipinski definition) is 4. The fourth-order valence-electron chi connectivity index (χ4n) is 18.5. The van der Waals surface area contributed by atoms with Crippen molar-refractivity contribution < 1.29 is 9.13 Å². The Balaban J connectivity index is 0.000000146. The van der Waals surface area contributed by atoms with Gasteiger partial charge in [-0.15, -0.1) is 0 Å². The normalized spacial score (nSPS) is 12.7. The van der Waals surface area contributed by atoms with E-state index < -0.39 is 19.7 Å². The van der Waals surface area contributed by atoms with Gasteiger partial charge in [-0.2, -0.15) is 0 Å². The van der Waals surface area contributed by atoms with Gasteiger partial charge in [-0.3, -0.25) is 8.80 Å². The molecule has 6 nitrogen and oxygen atoms in total. The molecule has 0 bridgehead atoms. The van der Waals surface area contributed by atoms with Gasteiger partial charge in [0.25, 0.3) is 0 Å². The minimum Gasteiger partial charge on any atom is -0.309 e. The first-order valence-corrected chi connectivity index (χ1v) is 41.9. The number of imidazole rings is 2. The van der Waals surface area contributed by atoms with Crippen molar-refractivity contribution >= 4 is 123 Å². The standard InChI is InChI=1S/C62H39N2OP.C43H29N2OP/c65-66(44-15-3-1-4-16-44,45-17-5-2-6-18-45)46-33-36-50-49-34-31-43(38-56(49)62(57(50)39-46)54-22-10-7-19-47(54)48-20-8-11-23-55(48)62)41-29-27-40(28-30-41)42-32-35-52-53(37-42)51-21-9-13-25-59(51)64-60-26-14-12-24-58(60)63-61(52)64;46-47(34-14-3-1-4-15-34,35-16-5-2-6-17-35)36-25-22-30(23-26-36)31-12-11-13-32(28-31)33-24-27-37-38-18-7-9-20-41(38)45-42-21-10-8-19-40(42)44-43(45)39(37)29-33/h1-39H;1-29H. The van der Waals surface area contributed by atoms with Crippen LogP contribution in [0.25, 0.3) is 143 Å². The van der Waals surface area contributed by atoms with Gasteiger partial charge < -0.3 is 9.13 Å². The number of nitrogens with zero attached hydrogens (tertiary/aromatic N) is 4. The zero-order valence-electron chi connectivity index (χ0n) is 61.3. The average molecular weight is 1480 g/mol. The Morgan fingerprint density at radius 3 is 1.08 bits per heavy atom. The van der Waals surface area contributed by atoms with Crippen molar-refractivity contribution in [3.63, 3.8) is 0 Å². The van der Waals surface area contributed by atoms with Gasteiger partial charge in [-0.1, -0.05) is 340 Å². The summed E-state index contributed by atoms with van der Waals surface area (Å²) in [5, 5.41) is 12.1. The highest BCUT2D eigenvalue weighted by Crippen LogP contribution is 2.64. The molecular formula is C105H68N4O2P2. The van der Waals surface area contributed by atoms with E-state index in [2.05, 4.69) is 282 Å². The molecule has 0 unspecified atom stereocenters. The maximum Gasteiger partial charge on any atom is 0.171 e. The molecule has 0 saturated carbocycles. The van der Waals surface area contributed by atoms with E-state index in [1.807, 2.05) is 140 Å². The lowest BCUT2D eigenvalue weighted by Crippen LogP contribution is -2.29. The third kappa shape index (κ3) is 10.2. The second-order valence-electron chi connectivity index (χ2n) is 29.7. The molecule has 0 N–H and O–H groups in total. The zero-order chi connectivity index (χ0) is 74.9. The molecule has 23 rings (SSSR count). The summed E-state index contributed by atoms with van der Waals surface area (Å²) in [5.41, 5.74) is 26.8. The van der Waals surface area contributed by atoms with Crippen LogP contribution in [0.15, 0.2) is 413 Å². The summed E-state index contributed by atoms with van der Waals surface area (Å²) in [6, 6.07) is 145. The van der Waals surface area contributed by atoms with Crippen LogP contribution in [-0.2, 0) is 14.5 Å². The first kappa shape index (κ1) is 66.2. The molecule has 530 valence electrons. The summed E-state index contributed by atoms with van der Waals surface area (Å²) >= 11 is 0. The number of pyridine rings is 2. The molecule has 0 saturated heterocycles. The molecule has 2 aliphatic rings. The molecule has 8 heteroatoms. The summed E-state index contributed by atoms with van der Waals surface area (Å²) in [6.45, 7) is 0. The van der Waals surface area contributed by atoms with Crippen LogP contribution in [0.1, 0.15) is 22.3 Å². The molecule has 21 aromatic rings. The van der Waals surface area contributed by atoms with Crippen molar-refractivity contribution in [2.45, 2.75) is 5.41 Å². The Hall–Kier alpha value is -13.9. The SMILES string of the molecule is O=P(c1ccccc1)(c1ccccc1)c1ccc(-c2cccc(-c3ccc4c5ccccc5n5c6ccccc6nc5c4c3)c2)cc1.O=P(c1ccccc1)(c1ccccc1)c1ccc2c(c1)C1(c3ccccc3-c3ccccc31)c1cc(-c3ccc(-c4ccc5c(c4)c4ccccc4n4c6ccccc6nc54)cc3)ccc1-2. The summed E-state index contributed by atoms with van der Waals surface area (Å²) < 4.78 is 35.4. The maximum atomic E-state index is 16.0. The van der Waals surface area contributed by atoms with Crippen LogP contribution < -0.4 is 31.8 Å². The van der Waals surface area contributed by atoms with E-state index >= 15 is 4.57 Å². The van der Waals surface area contributed by atoms with E-state index in [4.69, 9.17) is 9.97 Å². The number of hydrogen-bond donors (Lipinski definition) is 0. The monoisotopic (exact) mass is 1480 g/mol. The second-order valence-corrected chi connectivity index (χ2v) is 35.2. The first-order valence-electron chi connectivity index (χ1n) is 38.5. The highest BCUT2D eigenvalue weighted by Gasteiger charge is 2.52. The zero-order valence-corrected chi connectivity index (χ0v) is 63.0. The Morgan fingerprint density at radius 2 is 0.540 bits per heavy atom. The van der Waals surface area contributed by atoms with Crippen LogP contribution in [0.3, 0.4) is 0 Å². The molecule has 4 heterocycles. The largest absolute Gasteiger partial charge is 0.309 e. The first-order chi connectivity index (χ1) is 55.8. The van der Waals surface area contributed by atoms with Gasteiger partial charge in [0, 0.05) is 53.4 Å². The number of benzene rings is 17. The van der Waals surface area contributed by atoms with Gasteiger partial charge in [-0.25, -0.2) is 9.97 Å². The Bertz CT molecular complexity index is 7410. The molecule has 4 aromatic heterocycles. The van der Waals surface area contributed by atoms with Crippen molar-refractivity contribution in [1.82, 2.24) is 18.8 Å². The molecule has 0 aliphatic heterocycles. The van der Waals surface area contributed by atoms with Crippen molar-refractivity contribution in [2.75, 3.05) is 0 Å². The van der Waals surface area contributed by atoms with Crippen LogP contribution in [0.4, 0.5) is 0 Å². The maximum absolute atomic E-state index is 16.0. The van der Waals surface area contributed by atoms with Crippen LogP contribution in [0.5, 0.6) is 0 Å². The van der Waals surface area contributed by atoms with E-state index in [-0.39, 0.29) is 0 Å². The molecule has 113 heavy (non-hydrogen) atoms. The molecular weight excluding hydrogens is 1410 g/mol. The molecule has 1 spiro atoms. The summed E-state index contributed by atoms with van der Waals surface area (Å²) in [7, 11) is -6.29. The summed E-state index contributed by atoms with van der Waals surface area (Å²) in [4.78, 5) is 10.2. The number of fused-ring (bicyclic) bond motifs is 26. The van der Waals surface area contributed by atoms with Crippen molar-refractivity contribution in [3.05, 3.63) is 435 Å². The lowest BCUT2D eigenvalue weighted by molar-refractivity contribution is 0.591. The number of para-hydroxylation sites is 6. The Kier molecular flexibility index (Phi) is 15.3. The van der Waals surface area contributed by atoms with Crippen LogP contribution in [0.2, 0.25) is 0 Å². The Morgan fingerprint density at radius 1 is 0.204 bits per heavy atom. The molecule has 0 amide bonds. The van der Waals surface area contributed by atoms with E-state index in [9.17, 15) is 4.57 Å². The smallest absolute Gasteiger partial charge is 0.171 e. The van der Waals surface area contributed by atoms with Crippen molar-refractivity contribution in [1.29, 1.82) is 0 Å². The lowest BCUT2D eigenvalue weighted by atomic mass is 9.70. The van der Waals surface area contributed by atoms with E-state index in [0.29, 0.717) is 0 Å². The van der Waals surface area contributed by atoms with Gasteiger partial charge in [0.15, 0.2) is 14.3 Å². The van der Waals surface area contributed by atoms with Gasteiger partial charge in [0.2, 0.25) is 0 Å². The van der Waals surface area contributed by atoms with Crippen LogP contribution in [0, 0.1) is 0 Å². The molecule has 2 aliphatic carbocycles. The number of aromatic nitrogens is 4. The van der Waals surface area contributed by atoms with Crippen molar-refractivity contribution in [3.8, 4) is 66.8 Å². The van der Waals surface area contributed by atoms with E-state index in [0.717, 1.165) is 126 Å². The highest BCUT2D eigenvalue weighted by atomic mass is 31.2. The molecule has 0 radical (unpaired) electrons. The van der Waals surface area contributed by atoms with Gasteiger partial charge in [-0.05, 0) is 173 Å². The fraction of sp³-hybridized carbons (Fsp3) is 0.00952. The minimum absolute atomic E-state index is 0.609. The lowest BCUT2D eigenvalue weighted by Gasteiger charge is -2.31. The highest BCUT2D eigenvalue weighted by molar-refractivity contribution is 7.85. The second kappa shape index (κ2) is 26.2. The Labute approximate surface area is 653 Å². The fourth-order valence-corrected chi connectivity index (χ4v) is 23.8. The van der Waals surface area contributed by atoms with Crippen LogP contribution in [-0.4, -0.2) is 18.8 Å². The molecule has 0 atom stereocenters. The van der Waals surface area contributed by atoms with Gasteiger partial charge in [0.05, 0.1) is 38.5 Å². The van der Waals surface area contributed by atoms with E-state index in [1.165, 1.54) is 71.6 Å². The number of rotatable bonds is 10. The van der Waals surface area contributed by atoms with Gasteiger partial charge in [0.1, 0.15) is 11.3 Å². The van der Waals surface area contributed by atoms with E-state index in [1.54, 1.807) is 0 Å². The van der Waals surface area contributed by atoms with Gasteiger partial charge >= 0.3 is 0 Å². The predicted octanol–water partition coefficient (Wildman–Crippen LogP) is 23.9. The quantitative estimate of drug-likeness (QED) is 0.101. The third-order valence-electron chi connectivity index (χ3n) is 23.7. The minimum atomic E-state index is -3.27. The van der Waals surface area contributed by atoms with Crippen molar-refractivity contribution in [2.24, 2.45) is 0 Å². The topological polar surface area (TPSA) is 68.7 Å². The molecule has 0 fully saturated rings. The van der Waals surface area contributed by atoms with Crippen LogP contribution >= 0.6 is 14.3 Å². The summed E-state index contributed by atoms with van der Waals surface area (Å²) in [6.07, 6.45) is 0. The predicted molar refractivity (Wildman–Crippen MR) is 472 cm³/mol. The average Bonchev–Trinajstić information content (AvgIpc) is 1.50. The third-order valence-corrected chi connectivity index (χ3v) is 29.9.